The molecule has 1 aliphatic heterocycles. The second-order valence-electron chi connectivity index (χ2n) is 6.70. The first-order valence-electron chi connectivity index (χ1n) is 8.40. The van der Waals surface area contributed by atoms with E-state index in [1.807, 2.05) is 20.2 Å². The highest BCUT2D eigenvalue weighted by Gasteiger charge is 2.30. The maximum atomic E-state index is 12.7. The lowest BCUT2D eigenvalue weighted by atomic mass is 10.1. The number of aromatic amines is 2. The molecule has 136 valence electrons. The standard InChI is InChI=1S/C16H20N8O2/c1-9-6-23(14(25)4-12-10(2)18-21-16(12)26)8-13-19-20-15(24(9)13)11-5-17-22(3)7-11/h5,7,9H,4,6,8H2,1-3H3,(H2,18,21,26)/t9-/m0/s1. The van der Waals surface area contributed by atoms with Gasteiger partial charge >= 0.3 is 0 Å². The van der Waals surface area contributed by atoms with Crippen molar-refractivity contribution in [3.05, 3.63) is 39.8 Å². The van der Waals surface area contributed by atoms with Gasteiger partial charge in [-0.15, -0.1) is 10.2 Å². The minimum Gasteiger partial charge on any atom is -0.333 e. The van der Waals surface area contributed by atoms with Gasteiger partial charge in [0.1, 0.15) is 0 Å². The molecule has 0 saturated heterocycles. The van der Waals surface area contributed by atoms with Gasteiger partial charge in [0.05, 0.1) is 30.8 Å². The molecule has 0 radical (unpaired) electrons. The number of carbonyl (C=O) groups excluding carboxylic acids is 1. The van der Waals surface area contributed by atoms with E-state index in [4.69, 9.17) is 0 Å². The Morgan fingerprint density at radius 3 is 2.81 bits per heavy atom. The molecule has 0 saturated carbocycles. The summed E-state index contributed by atoms with van der Waals surface area (Å²) in [6, 6.07) is 0.0264. The molecule has 10 nitrogen and oxygen atoms in total. The molecule has 1 amide bonds. The molecule has 3 aromatic heterocycles. The normalized spacial score (nSPS) is 16.7. The van der Waals surface area contributed by atoms with E-state index in [9.17, 15) is 9.59 Å². The lowest BCUT2D eigenvalue weighted by Crippen LogP contribution is -2.41. The number of hydrogen-bond acceptors (Lipinski definition) is 5. The monoisotopic (exact) mass is 356 g/mol. The fourth-order valence-corrected chi connectivity index (χ4v) is 3.40. The summed E-state index contributed by atoms with van der Waals surface area (Å²) >= 11 is 0. The zero-order valence-electron chi connectivity index (χ0n) is 14.9. The van der Waals surface area contributed by atoms with Gasteiger partial charge < -0.3 is 14.6 Å². The number of H-pyrrole nitrogens is 2. The Bertz CT molecular complexity index is 1020. The van der Waals surface area contributed by atoms with Crippen LogP contribution in [0.1, 0.15) is 30.0 Å². The fraction of sp³-hybridized carbons (Fsp3) is 0.438. The van der Waals surface area contributed by atoms with Crippen LogP contribution in [0.15, 0.2) is 17.2 Å². The van der Waals surface area contributed by atoms with Crippen LogP contribution >= 0.6 is 0 Å². The second kappa shape index (κ2) is 5.97. The molecule has 1 aliphatic rings. The zero-order valence-corrected chi connectivity index (χ0v) is 14.9. The van der Waals surface area contributed by atoms with Gasteiger partial charge in [0.15, 0.2) is 11.6 Å². The predicted octanol–water partition coefficient (Wildman–Crippen LogP) is 0.149. The fourth-order valence-electron chi connectivity index (χ4n) is 3.40. The molecular formula is C16H20N8O2. The summed E-state index contributed by atoms with van der Waals surface area (Å²) in [6.45, 7) is 4.72. The van der Waals surface area contributed by atoms with Gasteiger partial charge in [-0.25, -0.2) is 0 Å². The summed E-state index contributed by atoms with van der Waals surface area (Å²) in [5.74, 6) is 1.39. The minimum absolute atomic E-state index is 0.0264. The largest absolute Gasteiger partial charge is 0.333 e. The second-order valence-corrected chi connectivity index (χ2v) is 6.70. The Hall–Kier alpha value is -3.17. The van der Waals surface area contributed by atoms with Crippen molar-refractivity contribution in [1.82, 2.24) is 39.6 Å². The SMILES string of the molecule is Cc1[nH][nH]c(=O)c1CC(=O)N1Cc2nnc(-c3cnn(C)c3)n2[C@@H](C)C1. The van der Waals surface area contributed by atoms with Gasteiger partial charge in [-0.3, -0.25) is 19.4 Å². The molecule has 1 atom stereocenters. The first-order valence-corrected chi connectivity index (χ1v) is 8.40. The number of aromatic nitrogens is 7. The molecular weight excluding hydrogens is 336 g/mol. The summed E-state index contributed by atoms with van der Waals surface area (Å²) in [4.78, 5) is 26.2. The Labute approximate surface area is 148 Å². The third-order valence-electron chi connectivity index (χ3n) is 4.76. The number of aryl methyl sites for hydroxylation is 2. The van der Waals surface area contributed by atoms with Gasteiger partial charge in [0, 0.05) is 31.0 Å². The van der Waals surface area contributed by atoms with Crippen molar-refractivity contribution in [2.24, 2.45) is 7.05 Å². The van der Waals surface area contributed by atoms with Crippen molar-refractivity contribution < 1.29 is 4.79 Å². The van der Waals surface area contributed by atoms with E-state index in [2.05, 4.69) is 30.1 Å². The molecule has 26 heavy (non-hydrogen) atoms. The van der Waals surface area contributed by atoms with Gasteiger partial charge in [-0.2, -0.15) is 5.10 Å². The molecule has 0 unspecified atom stereocenters. The van der Waals surface area contributed by atoms with Gasteiger partial charge in [-0.1, -0.05) is 0 Å². The minimum atomic E-state index is -0.247. The summed E-state index contributed by atoms with van der Waals surface area (Å²) in [5, 5.41) is 18.0. The van der Waals surface area contributed by atoms with Crippen LogP contribution in [-0.4, -0.2) is 52.1 Å². The van der Waals surface area contributed by atoms with Crippen molar-refractivity contribution >= 4 is 5.91 Å². The first-order chi connectivity index (χ1) is 12.4. The molecule has 4 heterocycles. The molecule has 0 bridgehead atoms. The Balaban J connectivity index is 1.58. The van der Waals surface area contributed by atoms with Crippen LogP contribution in [0.3, 0.4) is 0 Å². The van der Waals surface area contributed by atoms with Crippen LogP contribution in [0.2, 0.25) is 0 Å². The Kier molecular flexibility index (Phi) is 3.74. The highest BCUT2D eigenvalue weighted by atomic mass is 16.2. The first kappa shape index (κ1) is 16.3. The number of nitrogens with zero attached hydrogens (tertiary/aromatic N) is 6. The predicted molar refractivity (Wildman–Crippen MR) is 92.2 cm³/mol. The van der Waals surface area contributed by atoms with E-state index in [0.717, 1.165) is 17.2 Å². The van der Waals surface area contributed by atoms with E-state index in [-0.39, 0.29) is 23.9 Å². The molecule has 0 aromatic carbocycles. The molecule has 10 heteroatoms. The van der Waals surface area contributed by atoms with Gasteiger partial charge in [0.2, 0.25) is 5.91 Å². The quantitative estimate of drug-likeness (QED) is 0.693. The van der Waals surface area contributed by atoms with Crippen LogP contribution < -0.4 is 5.56 Å². The van der Waals surface area contributed by atoms with Crippen molar-refractivity contribution in [2.75, 3.05) is 6.54 Å². The van der Waals surface area contributed by atoms with E-state index >= 15 is 0 Å². The highest BCUT2D eigenvalue weighted by Crippen LogP contribution is 2.27. The summed E-state index contributed by atoms with van der Waals surface area (Å²) in [5.41, 5.74) is 1.82. The third kappa shape index (κ3) is 2.63. The van der Waals surface area contributed by atoms with E-state index in [1.54, 1.807) is 22.7 Å². The number of hydrogen-bond donors (Lipinski definition) is 2. The summed E-state index contributed by atoms with van der Waals surface area (Å²) in [7, 11) is 1.85. The van der Waals surface area contributed by atoms with Crippen molar-refractivity contribution in [2.45, 2.75) is 32.9 Å². The van der Waals surface area contributed by atoms with Gasteiger partial charge in [-0.05, 0) is 13.8 Å². The number of amides is 1. The smallest absolute Gasteiger partial charge is 0.267 e. The Morgan fingerprint density at radius 2 is 2.15 bits per heavy atom. The molecule has 0 aliphatic carbocycles. The zero-order chi connectivity index (χ0) is 18.4. The summed E-state index contributed by atoms with van der Waals surface area (Å²) in [6.07, 6.45) is 3.71. The highest BCUT2D eigenvalue weighted by molar-refractivity contribution is 5.79. The maximum Gasteiger partial charge on any atom is 0.267 e. The molecule has 0 fully saturated rings. The van der Waals surface area contributed by atoms with Crippen LogP contribution in [-0.2, 0) is 24.8 Å². The van der Waals surface area contributed by atoms with Crippen LogP contribution in [0.25, 0.3) is 11.4 Å². The van der Waals surface area contributed by atoms with Crippen LogP contribution in [0.5, 0.6) is 0 Å². The van der Waals surface area contributed by atoms with Crippen molar-refractivity contribution in [3.63, 3.8) is 0 Å². The van der Waals surface area contributed by atoms with Crippen molar-refractivity contribution in [1.29, 1.82) is 0 Å². The Morgan fingerprint density at radius 1 is 1.35 bits per heavy atom. The molecule has 4 rings (SSSR count). The summed E-state index contributed by atoms with van der Waals surface area (Å²) < 4.78 is 3.77. The van der Waals surface area contributed by atoms with Crippen LogP contribution in [0.4, 0.5) is 0 Å². The average molecular weight is 356 g/mol. The van der Waals surface area contributed by atoms with Gasteiger partial charge in [0.25, 0.3) is 5.56 Å². The maximum absolute atomic E-state index is 12.7. The number of carbonyl (C=O) groups is 1. The molecule has 3 aromatic rings. The average Bonchev–Trinajstić information content (AvgIpc) is 3.29. The number of nitrogens with one attached hydrogen (secondary N) is 2. The van der Waals surface area contributed by atoms with Crippen LogP contribution in [0, 0.1) is 6.92 Å². The van der Waals surface area contributed by atoms with Crippen molar-refractivity contribution in [3.8, 4) is 11.4 Å². The lowest BCUT2D eigenvalue weighted by molar-refractivity contribution is -0.132. The lowest BCUT2D eigenvalue weighted by Gasteiger charge is -2.32. The third-order valence-corrected chi connectivity index (χ3v) is 4.76. The van der Waals surface area contributed by atoms with E-state index < -0.39 is 0 Å². The topological polar surface area (TPSA) is 117 Å². The van der Waals surface area contributed by atoms with E-state index in [0.29, 0.717) is 24.3 Å². The van der Waals surface area contributed by atoms with E-state index in [1.165, 1.54) is 0 Å². The molecule has 0 spiro atoms. The number of fused-ring (bicyclic) bond motifs is 1. The number of rotatable bonds is 3. The molecule has 2 N–H and O–H groups in total.